The van der Waals surface area contributed by atoms with Crippen molar-refractivity contribution in [1.82, 2.24) is 9.97 Å². The molecule has 0 bridgehead atoms. The maximum Gasteiger partial charge on any atom is 0.259 e. The highest BCUT2D eigenvalue weighted by Crippen LogP contribution is 2.33. The van der Waals surface area contributed by atoms with Gasteiger partial charge in [0.1, 0.15) is 16.6 Å². The standard InChI is InChI=1S/C26H20F2N4O2S3/c27-18-8-11-20(21(28)13-18)23-14-36-26(31-23)30-22(12-16-6-9-19(10-7-16)32-37(33)34)24-15-35-25(29-24)17-4-2-1-3-5-17/h1-11,13-15,22,32H,12H2,(H,30,31)(H,33,34)/t22-/m0/s1. The summed E-state index contributed by atoms with van der Waals surface area (Å²) in [6.45, 7) is 0. The first kappa shape index (κ1) is 25.2. The third-order valence-electron chi connectivity index (χ3n) is 5.51. The quantitative estimate of drug-likeness (QED) is 0.168. The number of anilines is 2. The van der Waals surface area contributed by atoms with Crippen molar-refractivity contribution >= 4 is 44.8 Å². The molecule has 0 aliphatic heterocycles. The highest BCUT2D eigenvalue weighted by atomic mass is 32.2. The maximum absolute atomic E-state index is 14.3. The van der Waals surface area contributed by atoms with Gasteiger partial charge in [-0.15, -0.1) is 22.7 Å². The van der Waals surface area contributed by atoms with Crippen LogP contribution in [0.1, 0.15) is 17.3 Å². The van der Waals surface area contributed by atoms with Gasteiger partial charge in [0.25, 0.3) is 11.3 Å². The number of hydrogen-bond acceptors (Lipinski definition) is 6. The van der Waals surface area contributed by atoms with Gasteiger partial charge in [-0.1, -0.05) is 42.5 Å². The number of nitrogens with one attached hydrogen (secondary N) is 2. The van der Waals surface area contributed by atoms with Crippen LogP contribution in [0.2, 0.25) is 0 Å². The lowest BCUT2D eigenvalue weighted by molar-refractivity contribution is 0.570. The van der Waals surface area contributed by atoms with E-state index in [9.17, 15) is 13.0 Å². The van der Waals surface area contributed by atoms with E-state index in [-0.39, 0.29) is 11.6 Å². The molecule has 0 saturated carbocycles. The molecule has 3 N–H and O–H groups in total. The van der Waals surface area contributed by atoms with Gasteiger partial charge in [-0.2, -0.15) is 0 Å². The van der Waals surface area contributed by atoms with Crippen LogP contribution in [0.25, 0.3) is 21.8 Å². The van der Waals surface area contributed by atoms with Crippen molar-refractivity contribution in [3.8, 4) is 21.8 Å². The molecule has 2 heterocycles. The molecule has 6 nitrogen and oxygen atoms in total. The maximum atomic E-state index is 14.3. The summed E-state index contributed by atoms with van der Waals surface area (Å²) in [6, 6.07) is 20.3. The summed E-state index contributed by atoms with van der Waals surface area (Å²) in [5, 5.41) is 8.62. The van der Waals surface area contributed by atoms with Gasteiger partial charge < -0.3 is 5.32 Å². The molecule has 0 aliphatic rings. The zero-order valence-electron chi connectivity index (χ0n) is 19.1. The van der Waals surface area contributed by atoms with Crippen LogP contribution in [-0.4, -0.2) is 18.7 Å². The van der Waals surface area contributed by atoms with Crippen molar-refractivity contribution in [2.45, 2.75) is 12.5 Å². The average Bonchev–Trinajstić information content (AvgIpc) is 3.55. The molecular weight excluding hydrogens is 535 g/mol. The first-order chi connectivity index (χ1) is 17.9. The second-order valence-corrected chi connectivity index (χ2v) is 10.5. The lowest BCUT2D eigenvalue weighted by Crippen LogP contribution is -2.14. The second kappa shape index (κ2) is 11.3. The second-order valence-electron chi connectivity index (χ2n) is 8.05. The largest absolute Gasteiger partial charge is 0.353 e. The molecule has 0 fully saturated rings. The number of thiazole rings is 2. The van der Waals surface area contributed by atoms with Crippen molar-refractivity contribution < 1.29 is 17.5 Å². The monoisotopic (exact) mass is 554 g/mol. The van der Waals surface area contributed by atoms with Crippen LogP contribution < -0.4 is 10.0 Å². The summed E-state index contributed by atoms with van der Waals surface area (Å²) in [5.74, 6) is -1.31. The molecule has 0 radical (unpaired) electrons. The molecule has 11 heteroatoms. The molecule has 1 unspecified atom stereocenters. The SMILES string of the molecule is O=S(O)Nc1ccc(C[C@H](Nc2nc(-c3ccc(F)cc3F)cs2)c2csc(-c3ccccc3)n2)cc1. The Kier molecular flexibility index (Phi) is 7.65. The summed E-state index contributed by atoms with van der Waals surface area (Å²) in [5.41, 5.74) is 3.99. The molecule has 5 aromatic rings. The van der Waals surface area contributed by atoms with E-state index in [4.69, 9.17) is 9.54 Å². The highest BCUT2D eigenvalue weighted by Gasteiger charge is 2.19. The van der Waals surface area contributed by atoms with Crippen molar-refractivity contribution in [2.75, 3.05) is 10.0 Å². The van der Waals surface area contributed by atoms with Gasteiger partial charge in [-0.05, 0) is 36.2 Å². The van der Waals surface area contributed by atoms with Crippen LogP contribution in [0, 0.1) is 11.6 Å². The van der Waals surface area contributed by atoms with E-state index in [0.29, 0.717) is 22.9 Å². The third-order valence-corrected chi connectivity index (χ3v) is 7.60. The Morgan fingerprint density at radius 3 is 2.46 bits per heavy atom. The average molecular weight is 555 g/mol. The van der Waals surface area contributed by atoms with E-state index in [1.807, 2.05) is 47.8 Å². The van der Waals surface area contributed by atoms with Crippen LogP contribution in [0.15, 0.2) is 83.6 Å². The Labute approximate surface area is 222 Å². The number of rotatable bonds is 9. The summed E-state index contributed by atoms with van der Waals surface area (Å²) >= 11 is 0.719. The normalized spacial score (nSPS) is 12.7. The van der Waals surface area contributed by atoms with Gasteiger partial charge in [-0.25, -0.2) is 23.0 Å². The van der Waals surface area contributed by atoms with Gasteiger partial charge >= 0.3 is 0 Å². The van der Waals surface area contributed by atoms with E-state index in [0.717, 1.165) is 27.9 Å². The smallest absolute Gasteiger partial charge is 0.259 e. The number of benzene rings is 3. The van der Waals surface area contributed by atoms with E-state index in [1.54, 1.807) is 28.8 Å². The first-order valence-electron chi connectivity index (χ1n) is 11.1. The molecule has 0 amide bonds. The zero-order chi connectivity index (χ0) is 25.8. The van der Waals surface area contributed by atoms with Gasteiger partial charge in [0.05, 0.1) is 17.4 Å². The molecular formula is C26H20F2N4O2S3. The predicted octanol–water partition coefficient (Wildman–Crippen LogP) is 7.16. The van der Waals surface area contributed by atoms with Crippen molar-refractivity contribution in [3.63, 3.8) is 0 Å². The molecule has 37 heavy (non-hydrogen) atoms. The fraction of sp³-hybridized carbons (Fsp3) is 0.0769. The molecule has 5 rings (SSSR count). The molecule has 0 spiro atoms. The fourth-order valence-electron chi connectivity index (χ4n) is 3.74. The van der Waals surface area contributed by atoms with Crippen LogP contribution >= 0.6 is 22.7 Å². The summed E-state index contributed by atoms with van der Waals surface area (Å²) in [7, 11) is 0. The molecule has 2 aromatic heterocycles. The molecule has 0 saturated heterocycles. The summed E-state index contributed by atoms with van der Waals surface area (Å²) in [4.78, 5) is 9.40. The minimum Gasteiger partial charge on any atom is -0.353 e. The van der Waals surface area contributed by atoms with E-state index in [2.05, 4.69) is 15.0 Å². The topological polar surface area (TPSA) is 87.1 Å². The van der Waals surface area contributed by atoms with E-state index >= 15 is 0 Å². The lowest BCUT2D eigenvalue weighted by atomic mass is 10.0. The zero-order valence-corrected chi connectivity index (χ0v) is 21.5. The van der Waals surface area contributed by atoms with Gasteiger partial charge in [0.2, 0.25) is 0 Å². The van der Waals surface area contributed by atoms with Gasteiger partial charge in [0, 0.05) is 33.6 Å². The molecule has 0 aliphatic carbocycles. The number of halogens is 2. The Bertz CT molecular complexity index is 1520. The number of aromatic nitrogens is 2. The summed E-state index contributed by atoms with van der Waals surface area (Å²) in [6.07, 6.45) is 0.556. The van der Waals surface area contributed by atoms with Gasteiger partial charge in [0.15, 0.2) is 5.13 Å². The Morgan fingerprint density at radius 1 is 0.946 bits per heavy atom. The van der Waals surface area contributed by atoms with Crippen molar-refractivity contribution in [1.29, 1.82) is 0 Å². The van der Waals surface area contributed by atoms with Gasteiger partial charge in [-0.3, -0.25) is 9.27 Å². The minimum atomic E-state index is -2.15. The van der Waals surface area contributed by atoms with Crippen LogP contribution in [0.4, 0.5) is 19.6 Å². The summed E-state index contributed by atoms with van der Waals surface area (Å²) < 4.78 is 50.1. The molecule has 2 atom stereocenters. The molecule has 188 valence electrons. The van der Waals surface area contributed by atoms with Crippen LogP contribution in [0.5, 0.6) is 0 Å². The van der Waals surface area contributed by atoms with Crippen LogP contribution in [-0.2, 0) is 17.7 Å². The fourth-order valence-corrected chi connectivity index (χ4v) is 5.73. The minimum absolute atomic E-state index is 0.228. The van der Waals surface area contributed by atoms with Crippen LogP contribution in [0.3, 0.4) is 0 Å². The number of hydrogen-bond donors (Lipinski definition) is 3. The Balaban J connectivity index is 1.42. The predicted molar refractivity (Wildman–Crippen MR) is 146 cm³/mol. The van der Waals surface area contributed by atoms with Crippen molar-refractivity contribution in [3.05, 3.63) is 106 Å². The Hall–Kier alpha value is -3.51. The highest BCUT2D eigenvalue weighted by molar-refractivity contribution is 7.80. The lowest BCUT2D eigenvalue weighted by Gasteiger charge is -2.17. The first-order valence-corrected chi connectivity index (χ1v) is 14.0. The third kappa shape index (κ3) is 6.25. The van der Waals surface area contributed by atoms with E-state index in [1.165, 1.54) is 23.5 Å². The molecule has 3 aromatic carbocycles. The van der Waals surface area contributed by atoms with E-state index < -0.39 is 22.9 Å². The Morgan fingerprint density at radius 2 is 1.73 bits per heavy atom. The van der Waals surface area contributed by atoms with Crippen molar-refractivity contribution in [2.24, 2.45) is 0 Å². The number of nitrogens with zero attached hydrogens (tertiary/aromatic N) is 2.